The quantitative estimate of drug-likeness (QED) is 0.303. The van der Waals surface area contributed by atoms with Crippen molar-refractivity contribution in [3.63, 3.8) is 0 Å². The van der Waals surface area contributed by atoms with Crippen LogP contribution in [0.4, 0.5) is 5.82 Å². The first kappa shape index (κ1) is 24.7. The van der Waals surface area contributed by atoms with E-state index in [1.807, 2.05) is 35.9 Å². The summed E-state index contributed by atoms with van der Waals surface area (Å²) in [6, 6.07) is 3.82. The maximum Gasteiger partial charge on any atom is 0.231 e. The van der Waals surface area contributed by atoms with E-state index in [1.165, 1.54) is 29.4 Å². The number of anilines is 1. The lowest BCUT2D eigenvalue weighted by molar-refractivity contribution is 0.174. The van der Waals surface area contributed by atoms with Crippen LogP contribution in [0.5, 0.6) is 11.5 Å². The molecule has 0 radical (unpaired) electrons. The Bertz CT molecular complexity index is 1490. The molecule has 11 nitrogen and oxygen atoms in total. The largest absolute Gasteiger partial charge is 0.454 e. The third kappa shape index (κ3) is 5.26. The Balaban J connectivity index is 1.48. The van der Waals surface area contributed by atoms with Gasteiger partial charge in [-0.25, -0.2) is 33.1 Å². The van der Waals surface area contributed by atoms with E-state index in [9.17, 15) is 8.42 Å². The van der Waals surface area contributed by atoms with Gasteiger partial charge in [-0.1, -0.05) is 25.6 Å². The summed E-state index contributed by atoms with van der Waals surface area (Å²) in [5.41, 5.74) is 8.00. The molecule has 0 spiro atoms. The zero-order valence-corrected chi connectivity index (χ0v) is 22.1. The van der Waals surface area contributed by atoms with Crippen molar-refractivity contribution in [3.8, 4) is 22.1 Å². The lowest BCUT2D eigenvalue weighted by Crippen LogP contribution is -2.30. The van der Waals surface area contributed by atoms with Crippen LogP contribution in [-0.4, -0.2) is 52.0 Å². The van der Waals surface area contributed by atoms with Gasteiger partial charge in [0.2, 0.25) is 16.8 Å². The van der Waals surface area contributed by atoms with Crippen LogP contribution in [0.1, 0.15) is 20.3 Å². The molecule has 5 rings (SSSR count). The van der Waals surface area contributed by atoms with Gasteiger partial charge in [0.25, 0.3) is 0 Å². The Hall–Kier alpha value is -2.94. The normalized spacial score (nSPS) is 13.2. The molecule has 0 atom stereocenters. The number of nitrogen functional groups attached to an aromatic ring is 1. The fourth-order valence-corrected chi connectivity index (χ4v) is 6.65. The molecular formula is C22H25N7O4S3. The molecule has 14 heteroatoms. The molecule has 0 fully saturated rings. The summed E-state index contributed by atoms with van der Waals surface area (Å²) in [7, 11) is -3.39. The molecule has 3 N–H and O–H groups in total. The number of rotatable bonds is 10. The number of ether oxygens (including phenoxy) is 2. The molecule has 0 bridgehead atoms. The van der Waals surface area contributed by atoms with Crippen LogP contribution in [0, 0.1) is 5.92 Å². The number of nitrogens with one attached hydrogen (secondary N) is 1. The van der Waals surface area contributed by atoms with E-state index in [4.69, 9.17) is 20.2 Å². The topological polar surface area (TPSA) is 147 Å². The maximum absolute atomic E-state index is 12.4. The molecule has 0 saturated carbocycles. The van der Waals surface area contributed by atoms with Crippen molar-refractivity contribution in [1.29, 1.82) is 0 Å². The highest BCUT2D eigenvalue weighted by Crippen LogP contribution is 2.45. The summed E-state index contributed by atoms with van der Waals surface area (Å²) in [6.45, 7) is 4.87. The second-order valence-corrected chi connectivity index (χ2v) is 12.4. The van der Waals surface area contributed by atoms with Crippen LogP contribution >= 0.6 is 23.1 Å². The van der Waals surface area contributed by atoms with Gasteiger partial charge in [0.05, 0.1) is 5.75 Å². The highest BCUT2D eigenvalue weighted by Gasteiger charge is 2.23. The van der Waals surface area contributed by atoms with Gasteiger partial charge in [0, 0.05) is 35.1 Å². The second-order valence-electron chi connectivity index (χ2n) is 8.53. The zero-order valence-electron chi connectivity index (χ0n) is 19.7. The van der Waals surface area contributed by atoms with E-state index in [2.05, 4.69) is 19.7 Å². The monoisotopic (exact) mass is 547 g/mol. The van der Waals surface area contributed by atoms with Gasteiger partial charge in [-0.2, -0.15) is 0 Å². The van der Waals surface area contributed by atoms with E-state index >= 15 is 0 Å². The zero-order chi connectivity index (χ0) is 25.3. The minimum absolute atomic E-state index is 0.0154. The number of imidazole rings is 1. The van der Waals surface area contributed by atoms with Crippen molar-refractivity contribution in [2.75, 3.05) is 24.8 Å². The first-order valence-electron chi connectivity index (χ1n) is 11.3. The molecule has 4 aromatic rings. The first-order chi connectivity index (χ1) is 17.3. The number of hydrogen-bond donors (Lipinski definition) is 2. The lowest BCUT2D eigenvalue weighted by Gasteiger charge is -2.12. The third-order valence-electron chi connectivity index (χ3n) is 5.37. The summed E-state index contributed by atoms with van der Waals surface area (Å²) in [6.07, 6.45) is 3.50. The van der Waals surface area contributed by atoms with Crippen LogP contribution < -0.4 is 19.9 Å². The van der Waals surface area contributed by atoms with Crippen molar-refractivity contribution < 1.29 is 17.9 Å². The number of thiazole rings is 1. The SMILES string of the molecule is CC(C)CNS(=O)(=O)CCCn1c(Sc2cc3c(cc2-c2nccs2)OCO3)nc2c(N)ncnc21. The average molecular weight is 548 g/mol. The van der Waals surface area contributed by atoms with Crippen LogP contribution in [0.2, 0.25) is 0 Å². The van der Waals surface area contributed by atoms with E-state index < -0.39 is 10.0 Å². The van der Waals surface area contributed by atoms with Gasteiger partial charge in [-0.3, -0.25) is 0 Å². The number of aromatic nitrogens is 5. The van der Waals surface area contributed by atoms with Gasteiger partial charge >= 0.3 is 0 Å². The van der Waals surface area contributed by atoms with Crippen LogP contribution in [0.3, 0.4) is 0 Å². The lowest BCUT2D eigenvalue weighted by atomic mass is 10.2. The Morgan fingerprint density at radius 1 is 1.22 bits per heavy atom. The molecular weight excluding hydrogens is 522 g/mol. The van der Waals surface area contributed by atoms with E-state index in [-0.39, 0.29) is 24.3 Å². The van der Waals surface area contributed by atoms with Crippen LogP contribution in [-0.2, 0) is 16.6 Å². The van der Waals surface area contributed by atoms with Crippen molar-refractivity contribution >= 4 is 50.1 Å². The predicted octanol–water partition coefficient (Wildman–Crippen LogP) is 3.38. The number of sulfonamides is 1. The third-order valence-corrected chi connectivity index (χ3v) is 8.66. The number of nitrogens with zero attached hydrogens (tertiary/aromatic N) is 5. The van der Waals surface area contributed by atoms with Gasteiger partial charge < -0.3 is 19.8 Å². The molecule has 4 heterocycles. The van der Waals surface area contributed by atoms with Gasteiger partial charge in [-0.05, 0) is 24.5 Å². The summed E-state index contributed by atoms with van der Waals surface area (Å²) in [5.74, 6) is 1.78. The van der Waals surface area contributed by atoms with Gasteiger partial charge in [-0.15, -0.1) is 11.3 Å². The van der Waals surface area contributed by atoms with Crippen molar-refractivity contribution in [1.82, 2.24) is 29.2 Å². The molecule has 1 aliphatic heterocycles. The molecule has 0 saturated heterocycles. The van der Waals surface area contributed by atoms with Crippen LogP contribution in [0.25, 0.3) is 21.7 Å². The minimum Gasteiger partial charge on any atom is -0.454 e. The minimum atomic E-state index is -3.39. The number of benzene rings is 1. The number of hydrogen-bond acceptors (Lipinski definition) is 11. The Labute approximate surface area is 216 Å². The van der Waals surface area contributed by atoms with Crippen molar-refractivity contribution in [2.24, 2.45) is 5.92 Å². The van der Waals surface area contributed by atoms with E-state index in [0.717, 1.165) is 15.5 Å². The molecule has 0 unspecified atom stereocenters. The highest BCUT2D eigenvalue weighted by atomic mass is 32.2. The average Bonchev–Trinajstić information content (AvgIpc) is 3.58. The van der Waals surface area contributed by atoms with Crippen LogP contribution in [0.15, 0.2) is 40.1 Å². The molecule has 0 amide bonds. The first-order valence-corrected chi connectivity index (χ1v) is 14.6. The highest BCUT2D eigenvalue weighted by molar-refractivity contribution is 7.99. The Kier molecular flexibility index (Phi) is 7.01. The van der Waals surface area contributed by atoms with E-state index in [1.54, 1.807) is 6.20 Å². The summed E-state index contributed by atoms with van der Waals surface area (Å²) >= 11 is 2.92. The summed E-state index contributed by atoms with van der Waals surface area (Å²) < 4.78 is 40.6. The van der Waals surface area contributed by atoms with Gasteiger partial charge in [0.15, 0.2) is 33.6 Å². The Morgan fingerprint density at radius 3 is 2.78 bits per heavy atom. The molecule has 1 aliphatic rings. The van der Waals surface area contributed by atoms with Crippen molar-refractivity contribution in [3.05, 3.63) is 30.0 Å². The molecule has 190 valence electrons. The predicted molar refractivity (Wildman–Crippen MR) is 139 cm³/mol. The molecule has 36 heavy (non-hydrogen) atoms. The van der Waals surface area contributed by atoms with Gasteiger partial charge in [0.1, 0.15) is 11.3 Å². The fourth-order valence-electron chi connectivity index (χ4n) is 3.62. The second kappa shape index (κ2) is 10.2. The standard InChI is InChI=1S/C22H25N7O4S3/c1-13(2)10-27-36(30,31)7-3-5-29-20-18(19(23)25-11-26-20)28-22(29)35-17-9-16-15(32-12-33-16)8-14(17)21-24-4-6-34-21/h4,6,8-9,11,13,27H,3,5,7,10,12H2,1-2H3,(H2,23,25,26). The summed E-state index contributed by atoms with van der Waals surface area (Å²) in [5, 5.41) is 3.36. The number of fused-ring (bicyclic) bond motifs is 2. The van der Waals surface area contributed by atoms with Crippen molar-refractivity contribution in [2.45, 2.75) is 36.9 Å². The number of aryl methyl sites for hydroxylation is 1. The van der Waals surface area contributed by atoms with E-state index in [0.29, 0.717) is 47.3 Å². The molecule has 0 aliphatic carbocycles. The maximum atomic E-state index is 12.4. The fraction of sp³-hybridized carbons (Fsp3) is 0.364. The molecule has 3 aromatic heterocycles. The molecule has 1 aromatic carbocycles. The number of nitrogens with two attached hydrogens (primary N) is 1. The smallest absolute Gasteiger partial charge is 0.231 e. The Morgan fingerprint density at radius 2 is 2.03 bits per heavy atom. The summed E-state index contributed by atoms with van der Waals surface area (Å²) in [4.78, 5) is 18.5.